The molecule has 4 aromatic rings. The first-order valence-corrected chi connectivity index (χ1v) is 8.14. The van der Waals surface area contributed by atoms with Crippen LogP contribution in [-0.4, -0.2) is 28.1 Å². The summed E-state index contributed by atoms with van der Waals surface area (Å²) in [6.45, 7) is 0. The van der Waals surface area contributed by atoms with E-state index in [-0.39, 0.29) is 17.4 Å². The number of phenols is 1. The summed E-state index contributed by atoms with van der Waals surface area (Å²) in [4.78, 5) is 21.2. The Morgan fingerprint density at radius 2 is 2.04 bits per heavy atom. The van der Waals surface area contributed by atoms with Crippen LogP contribution in [0.1, 0.15) is 10.4 Å². The van der Waals surface area contributed by atoms with E-state index in [1.54, 1.807) is 30.6 Å². The van der Waals surface area contributed by atoms with Gasteiger partial charge in [0.25, 0.3) is 5.91 Å². The Kier molecular flexibility index (Phi) is 4.18. The molecule has 0 atom stereocenters. The van der Waals surface area contributed by atoms with Gasteiger partial charge in [-0.3, -0.25) is 9.78 Å². The highest BCUT2D eigenvalue weighted by Crippen LogP contribution is 2.31. The number of pyridine rings is 1. The summed E-state index contributed by atoms with van der Waals surface area (Å²) in [5.74, 6) is 0.297. The molecule has 0 fully saturated rings. The fraction of sp³-hybridized carbons (Fsp3) is 0.0500. The largest absolute Gasteiger partial charge is 0.508 e. The van der Waals surface area contributed by atoms with E-state index in [2.05, 4.69) is 15.3 Å². The molecule has 0 saturated heterocycles. The number of carbonyl (C=O) groups excluding carboxylic acids is 1. The van der Waals surface area contributed by atoms with Crippen LogP contribution in [-0.2, 0) is 0 Å². The molecule has 2 heterocycles. The quantitative estimate of drug-likeness (QED) is 0.573. The molecule has 27 heavy (non-hydrogen) atoms. The van der Waals surface area contributed by atoms with Crippen molar-refractivity contribution in [1.29, 1.82) is 0 Å². The maximum atomic E-state index is 12.7. The Labute approximate surface area is 154 Å². The van der Waals surface area contributed by atoms with E-state index in [4.69, 9.17) is 9.15 Å². The lowest BCUT2D eigenvalue weighted by atomic mass is 10.1. The molecule has 0 aliphatic heterocycles. The van der Waals surface area contributed by atoms with E-state index >= 15 is 0 Å². The van der Waals surface area contributed by atoms with Crippen LogP contribution in [0, 0.1) is 0 Å². The Hall–Kier alpha value is -3.87. The molecule has 0 aliphatic rings. The van der Waals surface area contributed by atoms with E-state index in [1.807, 2.05) is 12.1 Å². The summed E-state index contributed by atoms with van der Waals surface area (Å²) < 4.78 is 10.9. The fourth-order valence-electron chi connectivity index (χ4n) is 2.73. The molecule has 0 bridgehead atoms. The van der Waals surface area contributed by atoms with Crippen molar-refractivity contribution in [3.05, 3.63) is 66.5 Å². The van der Waals surface area contributed by atoms with Crippen molar-refractivity contribution < 1.29 is 19.1 Å². The van der Waals surface area contributed by atoms with Gasteiger partial charge in [0, 0.05) is 12.3 Å². The van der Waals surface area contributed by atoms with Crippen molar-refractivity contribution in [2.45, 2.75) is 0 Å². The normalized spacial score (nSPS) is 10.7. The van der Waals surface area contributed by atoms with Crippen LogP contribution in [0.2, 0.25) is 0 Å². The topological polar surface area (TPSA) is 97.5 Å². The SMILES string of the molecule is COc1cc(O)ccc1C(=O)Nc1ccccc1-c1nc2ccncc2o1. The maximum absolute atomic E-state index is 12.7. The first kappa shape index (κ1) is 16.6. The number of para-hydroxylation sites is 1. The van der Waals surface area contributed by atoms with Crippen molar-refractivity contribution in [2.24, 2.45) is 0 Å². The summed E-state index contributed by atoms with van der Waals surface area (Å²) in [7, 11) is 1.44. The number of rotatable bonds is 4. The van der Waals surface area contributed by atoms with E-state index < -0.39 is 0 Å². The number of methoxy groups -OCH3 is 1. The summed E-state index contributed by atoms with van der Waals surface area (Å²) in [5, 5.41) is 12.4. The summed E-state index contributed by atoms with van der Waals surface area (Å²) >= 11 is 0. The second-order valence-corrected chi connectivity index (χ2v) is 5.75. The van der Waals surface area contributed by atoms with Gasteiger partial charge in [-0.05, 0) is 30.3 Å². The van der Waals surface area contributed by atoms with E-state index in [0.29, 0.717) is 33.8 Å². The number of benzene rings is 2. The number of hydrogen-bond acceptors (Lipinski definition) is 6. The van der Waals surface area contributed by atoms with Crippen molar-refractivity contribution in [3.8, 4) is 23.0 Å². The minimum atomic E-state index is -0.378. The number of aromatic nitrogens is 2. The molecular weight excluding hydrogens is 346 g/mol. The van der Waals surface area contributed by atoms with Gasteiger partial charge in [-0.25, -0.2) is 4.98 Å². The number of carbonyl (C=O) groups is 1. The number of fused-ring (bicyclic) bond motifs is 1. The molecule has 2 aromatic carbocycles. The number of anilines is 1. The smallest absolute Gasteiger partial charge is 0.259 e. The van der Waals surface area contributed by atoms with Crippen LogP contribution in [0.4, 0.5) is 5.69 Å². The zero-order valence-electron chi connectivity index (χ0n) is 14.3. The number of nitrogens with one attached hydrogen (secondary N) is 1. The van der Waals surface area contributed by atoms with E-state index in [9.17, 15) is 9.90 Å². The average molecular weight is 361 g/mol. The zero-order valence-corrected chi connectivity index (χ0v) is 14.3. The summed E-state index contributed by atoms with van der Waals surface area (Å²) in [5.41, 5.74) is 2.72. The minimum absolute atomic E-state index is 0.0175. The Balaban J connectivity index is 1.70. The second kappa shape index (κ2) is 6.80. The number of amides is 1. The molecule has 1 amide bonds. The number of oxazole rings is 1. The van der Waals surface area contributed by atoms with Gasteiger partial charge in [-0.1, -0.05) is 12.1 Å². The monoisotopic (exact) mass is 361 g/mol. The predicted octanol–water partition coefficient (Wildman–Crippen LogP) is 3.86. The standard InChI is InChI=1S/C20H15N3O4/c1-26-17-10-12(24)6-7-14(17)19(25)22-15-5-3-2-4-13(15)20-23-16-8-9-21-11-18(16)27-20/h2-11,24H,1H3,(H,22,25). The predicted molar refractivity (Wildman–Crippen MR) is 99.9 cm³/mol. The van der Waals surface area contributed by atoms with Gasteiger partial charge in [-0.2, -0.15) is 0 Å². The molecule has 0 aliphatic carbocycles. The third kappa shape index (κ3) is 3.18. The van der Waals surface area contributed by atoms with Crippen LogP contribution in [0.25, 0.3) is 22.6 Å². The lowest BCUT2D eigenvalue weighted by Crippen LogP contribution is -2.13. The first-order valence-electron chi connectivity index (χ1n) is 8.14. The van der Waals surface area contributed by atoms with Crippen LogP contribution in [0.15, 0.2) is 65.3 Å². The molecule has 2 aromatic heterocycles. The molecule has 7 heteroatoms. The number of hydrogen-bond donors (Lipinski definition) is 2. The van der Waals surface area contributed by atoms with Gasteiger partial charge < -0.3 is 19.6 Å². The Morgan fingerprint density at radius 1 is 1.19 bits per heavy atom. The molecule has 0 unspecified atom stereocenters. The average Bonchev–Trinajstić information content (AvgIpc) is 3.12. The van der Waals surface area contributed by atoms with Gasteiger partial charge in [-0.15, -0.1) is 0 Å². The first-order chi connectivity index (χ1) is 13.2. The molecule has 4 rings (SSSR count). The Morgan fingerprint density at radius 3 is 2.85 bits per heavy atom. The van der Waals surface area contributed by atoms with Crippen molar-refractivity contribution in [3.63, 3.8) is 0 Å². The van der Waals surface area contributed by atoms with Crippen molar-refractivity contribution in [1.82, 2.24) is 9.97 Å². The van der Waals surface area contributed by atoms with Crippen LogP contribution in [0.3, 0.4) is 0 Å². The third-order valence-electron chi connectivity index (χ3n) is 4.03. The zero-order chi connectivity index (χ0) is 18.8. The number of phenolic OH excluding ortho intramolecular Hbond substituents is 1. The van der Waals surface area contributed by atoms with E-state index in [1.165, 1.54) is 25.3 Å². The van der Waals surface area contributed by atoms with Crippen LogP contribution in [0.5, 0.6) is 11.5 Å². The highest BCUT2D eigenvalue weighted by atomic mass is 16.5. The fourth-order valence-corrected chi connectivity index (χ4v) is 2.73. The third-order valence-corrected chi connectivity index (χ3v) is 4.03. The number of nitrogens with zero attached hydrogens (tertiary/aromatic N) is 2. The second-order valence-electron chi connectivity index (χ2n) is 5.75. The van der Waals surface area contributed by atoms with Gasteiger partial charge in [0.2, 0.25) is 5.89 Å². The number of ether oxygens (including phenoxy) is 1. The molecule has 7 nitrogen and oxygen atoms in total. The Bertz CT molecular complexity index is 1100. The van der Waals surface area contributed by atoms with Gasteiger partial charge in [0.1, 0.15) is 17.0 Å². The summed E-state index contributed by atoms with van der Waals surface area (Å²) in [6, 6.07) is 13.3. The minimum Gasteiger partial charge on any atom is -0.508 e. The molecule has 0 radical (unpaired) electrons. The maximum Gasteiger partial charge on any atom is 0.259 e. The van der Waals surface area contributed by atoms with Crippen LogP contribution >= 0.6 is 0 Å². The highest BCUT2D eigenvalue weighted by molar-refractivity contribution is 6.07. The summed E-state index contributed by atoms with van der Waals surface area (Å²) in [6.07, 6.45) is 3.23. The lowest BCUT2D eigenvalue weighted by molar-refractivity contribution is 0.102. The molecule has 134 valence electrons. The van der Waals surface area contributed by atoms with Crippen molar-refractivity contribution in [2.75, 3.05) is 12.4 Å². The molecular formula is C20H15N3O4. The highest BCUT2D eigenvalue weighted by Gasteiger charge is 2.17. The van der Waals surface area contributed by atoms with Gasteiger partial charge in [0.15, 0.2) is 5.58 Å². The van der Waals surface area contributed by atoms with E-state index in [0.717, 1.165) is 0 Å². The molecule has 0 spiro atoms. The molecule has 0 saturated carbocycles. The van der Waals surface area contributed by atoms with Crippen molar-refractivity contribution >= 4 is 22.7 Å². The van der Waals surface area contributed by atoms with Gasteiger partial charge in [0.05, 0.1) is 30.1 Å². The molecule has 2 N–H and O–H groups in total. The van der Waals surface area contributed by atoms with Gasteiger partial charge >= 0.3 is 0 Å². The number of aromatic hydroxyl groups is 1. The lowest BCUT2D eigenvalue weighted by Gasteiger charge is -2.11. The van der Waals surface area contributed by atoms with Crippen LogP contribution < -0.4 is 10.1 Å².